The fourth-order valence-electron chi connectivity index (χ4n) is 5.87. The predicted molar refractivity (Wildman–Crippen MR) is 115 cm³/mol. The van der Waals surface area contributed by atoms with Crippen molar-refractivity contribution in [1.82, 2.24) is 4.90 Å². The van der Waals surface area contributed by atoms with E-state index in [-0.39, 0.29) is 22.8 Å². The summed E-state index contributed by atoms with van der Waals surface area (Å²) in [4.78, 5) is 16.0. The standard InChI is InChI=1S/C25H35NO3/c1-17-13-20-14-19(7-8-22(20)29-17)16-26(11-6-12-28-5)23(27)25-10-9-21(15-25)24(3,4)18(25)2/h7-8,14,17,21H,2,6,9-13,15-16H2,1,3-5H3/t17-,21-,25+/m0/s1. The number of carbonyl (C=O) groups excluding carboxylic acids is 1. The van der Waals surface area contributed by atoms with Gasteiger partial charge in [0.2, 0.25) is 5.91 Å². The third-order valence-electron chi connectivity index (χ3n) is 7.70. The maximum Gasteiger partial charge on any atom is 0.233 e. The van der Waals surface area contributed by atoms with E-state index >= 15 is 0 Å². The Kier molecular flexibility index (Phi) is 5.27. The molecule has 0 N–H and O–H groups in total. The van der Waals surface area contributed by atoms with E-state index in [4.69, 9.17) is 9.47 Å². The van der Waals surface area contributed by atoms with Crippen molar-refractivity contribution in [3.8, 4) is 5.75 Å². The van der Waals surface area contributed by atoms with Crippen LogP contribution in [0.1, 0.15) is 57.6 Å². The Morgan fingerprint density at radius 3 is 2.86 bits per heavy atom. The van der Waals surface area contributed by atoms with Crippen molar-refractivity contribution < 1.29 is 14.3 Å². The average Bonchev–Trinajstić information content (AvgIpc) is 3.34. The summed E-state index contributed by atoms with van der Waals surface area (Å²) >= 11 is 0. The van der Waals surface area contributed by atoms with Gasteiger partial charge in [-0.15, -0.1) is 0 Å². The number of amides is 1. The molecule has 29 heavy (non-hydrogen) atoms. The summed E-state index contributed by atoms with van der Waals surface area (Å²) in [7, 11) is 1.72. The van der Waals surface area contributed by atoms with Crippen LogP contribution in [-0.4, -0.2) is 37.2 Å². The van der Waals surface area contributed by atoms with E-state index in [1.165, 1.54) is 11.1 Å². The molecule has 3 aliphatic rings. The molecule has 4 heteroatoms. The van der Waals surface area contributed by atoms with Gasteiger partial charge in [-0.3, -0.25) is 4.79 Å². The molecule has 3 atom stereocenters. The van der Waals surface area contributed by atoms with Crippen LogP contribution in [0.3, 0.4) is 0 Å². The lowest BCUT2D eigenvalue weighted by atomic mass is 9.68. The highest BCUT2D eigenvalue weighted by Gasteiger charge is 2.61. The highest BCUT2D eigenvalue weighted by Crippen LogP contribution is 2.66. The van der Waals surface area contributed by atoms with Crippen LogP contribution in [0.25, 0.3) is 0 Å². The number of nitrogens with zero attached hydrogens (tertiary/aromatic N) is 1. The second-order valence-corrected chi connectivity index (χ2v) is 9.87. The molecule has 0 unspecified atom stereocenters. The van der Waals surface area contributed by atoms with Crippen LogP contribution in [0, 0.1) is 16.7 Å². The van der Waals surface area contributed by atoms with E-state index in [0.717, 1.165) is 50.0 Å². The fraction of sp³-hybridized carbons (Fsp3) is 0.640. The van der Waals surface area contributed by atoms with Crippen LogP contribution < -0.4 is 4.74 Å². The second-order valence-electron chi connectivity index (χ2n) is 9.87. The average molecular weight is 398 g/mol. The third-order valence-corrected chi connectivity index (χ3v) is 7.70. The summed E-state index contributed by atoms with van der Waals surface area (Å²) in [5.41, 5.74) is 3.29. The molecule has 2 saturated carbocycles. The second kappa shape index (κ2) is 7.46. The van der Waals surface area contributed by atoms with Gasteiger partial charge in [-0.2, -0.15) is 0 Å². The quantitative estimate of drug-likeness (QED) is 0.492. The number of rotatable bonds is 7. The SMILES string of the molecule is C=C1C(C)(C)[C@H]2CC[C@@]1(C(=O)N(CCCOC)Cc1ccc3c(c1)C[C@H](C)O3)C2. The Morgan fingerprint density at radius 2 is 2.17 bits per heavy atom. The molecule has 0 radical (unpaired) electrons. The maximum absolute atomic E-state index is 13.9. The van der Waals surface area contributed by atoms with Gasteiger partial charge in [0.1, 0.15) is 11.9 Å². The van der Waals surface area contributed by atoms with Gasteiger partial charge >= 0.3 is 0 Å². The van der Waals surface area contributed by atoms with Crippen LogP contribution in [0.15, 0.2) is 30.4 Å². The van der Waals surface area contributed by atoms with Gasteiger partial charge in [-0.25, -0.2) is 0 Å². The van der Waals surface area contributed by atoms with Gasteiger partial charge in [-0.05, 0) is 61.1 Å². The number of benzene rings is 1. The lowest BCUT2D eigenvalue weighted by Gasteiger charge is -2.40. The monoisotopic (exact) mass is 397 g/mol. The first-order chi connectivity index (χ1) is 13.8. The smallest absolute Gasteiger partial charge is 0.233 e. The van der Waals surface area contributed by atoms with Crippen LogP contribution in [0.5, 0.6) is 5.75 Å². The van der Waals surface area contributed by atoms with Crippen molar-refractivity contribution in [3.05, 3.63) is 41.5 Å². The van der Waals surface area contributed by atoms with Gasteiger partial charge < -0.3 is 14.4 Å². The molecule has 1 aliphatic heterocycles. The summed E-state index contributed by atoms with van der Waals surface area (Å²) < 4.78 is 11.1. The summed E-state index contributed by atoms with van der Waals surface area (Å²) in [5.74, 6) is 1.84. The molecular formula is C25H35NO3. The van der Waals surface area contributed by atoms with Crippen molar-refractivity contribution in [2.75, 3.05) is 20.3 Å². The molecule has 4 rings (SSSR count). The molecule has 2 aliphatic carbocycles. The predicted octanol–water partition coefficient (Wildman–Crippen LogP) is 4.76. The van der Waals surface area contributed by atoms with E-state index in [9.17, 15) is 4.79 Å². The topological polar surface area (TPSA) is 38.8 Å². The molecule has 2 bridgehead atoms. The Labute approximate surface area is 175 Å². The number of fused-ring (bicyclic) bond motifs is 3. The van der Waals surface area contributed by atoms with Crippen LogP contribution >= 0.6 is 0 Å². The summed E-state index contributed by atoms with van der Waals surface area (Å²) in [6.07, 6.45) is 5.08. The van der Waals surface area contributed by atoms with E-state index < -0.39 is 0 Å². The lowest BCUT2D eigenvalue weighted by Crippen LogP contribution is -2.44. The molecule has 0 aromatic heterocycles. The molecule has 1 aromatic carbocycles. The molecule has 1 amide bonds. The minimum atomic E-state index is -0.365. The van der Waals surface area contributed by atoms with E-state index in [2.05, 4.69) is 50.4 Å². The van der Waals surface area contributed by atoms with Crippen LogP contribution in [0.4, 0.5) is 0 Å². The first-order valence-corrected chi connectivity index (χ1v) is 11.0. The van der Waals surface area contributed by atoms with Crippen LogP contribution in [-0.2, 0) is 22.5 Å². The molecule has 158 valence electrons. The van der Waals surface area contributed by atoms with Crippen molar-refractivity contribution in [3.63, 3.8) is 0 Å². The van der Waals surface area contributed by atoms with Crippen LogP contribution in [0.2, 0.25) is 0 Å². The zero-order valence-electron chi connectivity index (χ0n) is 18.4. The number of hydrogen-bond acceptors (Lipinski definition) is 3. The first kappa shape index (κ1) is 20.5. The highest BCUT2D eigenvalue weighted by molar-refractivity contribution is 5.87. The lowest BCUT2D eigenvalue weighted by molar-refractivity contribution is -0.140. The van der Waals surface area contributed by atoms with E-state index in [1.54, 1.807) is 7.11 Å². The fourth-order valence-corrected chi connectivity index (χ4v) is 5.87. The van der Waals surface area contributed by atoms with E-state index in [0.29, 0.717) is 19.1 Å². The Balaban J connectivity index is 1.57. The van der Waals surface area contributed by atoms with Crippen molar-refractivity contribution in [1.29, 1.82) is 0 Å². The normalized spacial score (nSPS) is 29.0. The Morgan fingerprint density at radius 1 is 1.38 bits per heavy atom. The zero-order valence-corrected chi connectivity index (χ0v) is 18.4. The van der Waals surface area contributed by atoms with Gasteiger partial charge in [0.15, 0.2) is 0 Å². The minimum absolute atomic E-state index is 0.0627. The van der Waals surface area contributed by atoms with Crippen molar-refractivity contribution >= 4 is 5.91 Å². The maximum atomic E-state index is 13.9. The number of carbonyl (C=O) groups is 1. The summed E-state index contributed by atoms with van der Waals surface area (Å²) in [5, 5.41) is 0. The third kappa shape index (κ3) is 3.39. The summed E-state index contributed by atoms with van der Waals surface area (Å²) in [6, 6.07) is 6.39. The molecule has 0 saturated heterocycles. The van der Waals surface area contributed by atoms with Crippen molar-refractivity contribution in [2.45, 2.75) is 65.5 Å². The summed E-state index contributed by atoms with van der Waals surface area (Å²) in [6.45, 7) is 13.1. The molecular weight excluding hydrogens is 362 g/mol. The highest BCUT2D eigenvalue weighted by atomic mass is 16.5. The first-order valence-electron chi connectivity index (χ1n) is 11.0. The van der Waals surface area contributed by atoms with Gasteiger partial charge in [0, 0.05) is 33.2 Å². The number of hydrogen-bond donors (Lipinski definition) is 0. The van der Waals surface area contributed by atoms with Crippen molar-refractivity contribution in [2.24, 2.45) is 16.7 Å². The molecule has 1 aromatic rings. The zero-order chi connectivity index (χ0) is 20.8. The molecule has 0 spiro atoms. The minimum Gasteiger partial charge on any atom is -0.490 e. The number of ether oxygens (including phenoxy) is 2. The Bertz CT molecular complexity index is 814. The largest absolute Gasteiger partial charge is 0.490 e. The van der Waals surface area contributed by atoms with Gasteiger partial charge in [-0.1, -0.05) is 38.1 Å². The number of methoxy groups -OCH3 is 1. The molecule has 2 fully saturated rings. The molecule has 1 heterocycles. The van der Waals surface area contributed by atoms with Gasteiger partial charge in [0.05, 0.1) is 5.41 Å². The molecule has 4 nitrogen and oxygen atoms in total. The van der Waals surface area contributed by atoms with Gasteiger partial charge in [0.25, 0.3) is 0 Å². The Hall–Kier alpha value is -1.81. The van der Waals surface area contributed by atoms with E-state index in [1.807, 2.05) is 0 Å².